The molecule has 3 aromatic heterocycles. The van der Waals surface area contributed by atoms with Crippen LogP contribution in [-0.2, 0) is 24.2 Å². The zero-order chi connectivity index (χ0) is 24.4. The van der Waals surface area contributed by atoms with Crippen molar-refractivity contribution in [1.82, 2.24) is 24.6 Å². The van der Waals surface area contributed by atoms with Crippen LogP contribution in [0, 0.1) is 0 Å². The van der Waals surface area contributed by atoms with Crippen molar-refractivity contribution in [2.45, 2.75) is 57.8 Å². The second kappa shape index (κ2) is 7.75. The van der Waals surface area contributed by atoms with Crippen molar-refractivity contribution in [3.05, 3.63) is 75.8 Å². The number of halogens is 1. The molecule has 7 nitrogen and oxygen atoms in total. The van der Waals surface area contributed by atoms with Gasteiger partial charge in [0.05, 0.1) is 16.6 Å². The summed E-state index contributed by atoms with van der Waals surface area (Å²) in [5.74, 6) is 1.13. The Kier molecular flexibility index (Phi) is 4.86. The van der Waals surface area contributed by atoms with Crippen LogP contribution in [0.1, 0.15) is 50.4 Å². The van der Waals surface area contributed by atoms with Gasteiger partial charge in [0, 0.05) is 43.0 Å². The number of pyridine rings is 2. The number of hydrogen-bond donors (Lipinski definition) is 2. The average Bonchev–Trinajstić information content (AvgIpc) is 3.55. The molecule has 0 unspecified atom stereocenters. The SMILES string of the molecule is CCn1c(=O)c2cnc(Nc3ccc4c(c3)CNCC43CC3)cc2n1-c1cccc(C(C)(C)F)n1. The topological polar surface area (TPSA) is 76.8 Å². The molecule has 1 fully saturated rings. The van der Waals surface area contributed by atoms with Gasteiger partial charge in [0.1, 0.15) is 11.5 Å². The van der Waals surface area contributed by atoms with Crippen molar-refractivity contribution >= 4 is 22.4 Å². The van der Waals surface area contributed by atoms with E-state index >= 15 is 0 Å². The van der Waals surface area contributed by atoms with E-state index in [0.29, 0.717) is 40.2 Å². The third-order valence-corrected chi connectivity index (χ3v) is 7.26. The van der Waals surface area contributed by atoms with Crippen LogP contribution >= 0.6 is 0 Å². The highest BCUT2D eigenvalue weighted by molar-refractivity contribution is 5.82. The molecule has 2 aliphatic rings. The molecule has 0 radical (unpaired) electrons. The molecule has 8 heteroatoms. The number of anilines is 2. The summed E-state index contributed by atoms with van der Waals surface area (Å²) in [6, 6.07) is 13.6. The van der Waals surface area contributed by atoms with E-state index in [1.54, 1.807) is 33.8 Å². The normalized spacial score (nSPS) is 16.5. The van der Waals surface area contributed by atoms with Gasteiger partial charge in [-0.2, -0.15) is 0 Å². The Morgan fingerprint density at radius 3 is 2.77 bits per heavy atom. The van der Waals surface area contributed by atoms with E-state index in [2.05, 4.69) is 38.8 Å². The quantitative estimate of drug-likeness (QED) is 0.441. The Labute approximate surface area is 203 Å². The van der Waals surface area contributed by atoms with Crippen LogP contribution in [0.3, 0.4) is 0 Å². The van der Waals surface area contributed by atoms with E-state index in [9.17, 15) is 9.18 Å². The fourth-order valence-corrected chi connectivity index (χ4v) is 5.23. The van der Waals surface area contributed by atoms with E-state index < -0.39 is 5.67 Å². The largest absolute Gasteiger partial charge is 0.340 e. The molecular formula is C27H29FN6O. The predicted molar refractivity (Wildman–Crippen MR) is 135 cm³/mol. The van der Waals surface area contributed by atoms with E-state index in [1.807, 2.05) is 13.0 Å². The van der Waals surface area contributed by atoms with Crippen LogP contribution in [0.4, 0.5) is 15.9 Å². The van der Waals surface area contributed by atoms with Gasteiger partial charge in [-0.05, 0) is 69.0 Å². The number of aromatic nitrogens is 4. The number of nitrogens with zero attached hydrogens (tertiary/aromatic N) is 4. The lowest BCUT2D eigenvalue weighted by molar-refractivity contribution is 0.214. The molecule has 4 heterocycles. The van der Waals surface area contributed by atoms with Gasteiger partial charge in [0.15, 0.2) is 5.82 Å². The van der Waals surface area contributed by atoms with Crippen molar-refractivity contribution in [3.63, 3.8) is 0 Å². The van der Waals surface area contributed by atoms with E-state index in [0.717, 1.165) is 18.8 Å². The maximum Gasteiger partial charge on any atom is 0.276 e. The number of fused-ring (bicyclic) bond motifs is 3. The zero-order valence-electron chi connectivity index (χ0n) is 20.2. The van der Waals surface area contributed by atoms with Crippen molar-refractivity contribution in [2.24, 2.45) is 0 Å². The summed E-state index contributed by atoms with van der Waals surface area (Å²) in [4.78, 5) is 22.2. The van der Waals surface area contributed by atoms with Gasteiger partial charge in [-0.15, -0.1) is 0 Å². The lowest BCUT2D eigenvalue weighted by Gasteiger charge is -2.26. The molecule has 6 rings (SSSR count). The van der Waals surface area contributed by atoms with Crippen LogP contribution in [-0.4, -0.2) is 25.9 Å². The molecule has 0 bridgehead atoms. The second-order valence-electron chi connectivity index (χ2n) is 10.2. The van der Waals surface area contributed by atoms with Gasteiger partial charge in [0.25, 0.3) is 5.56 Å². The first-order chi connectivity index (χ1) is 16.8. The van der Waals surface area contributed by atoms with Crippen molar-refractivity contribution in [3.8, 4) is 5.82 Å². The maximum absolute atomic E-state index is 14.6. The lowest BCUT2D eigenvalue weighted by Crippen LogP contribution is -2.33. The Morgan fingerprint density at radius 1 is 1.20 bits per heavy atom. The highest BCUT2D eigenvalue weighted by atomic mass is 19.1. The fraction of sp³-hybridized carbons (Fsp3) is 0.370. The van der Waals surface area contributed by atoms with Gasteiger partial charge in [-0.25, -0.2) is 23.7 Å². The van der Waals surface area contributed by atoms with Gasteiger partial charge in [0.2, 0.25) is 0 Å². The number of nitrogens with one attached hydrogen (secondary N) is 2. The van der Waals surface area contributed by atoms with Crippen molar-refractivity contribution in [2.75, 3.05) is 11.9 Å². The molecule has 1 aliphatic heterocycles. The van der Waals surface area contributed by atoms with Gasteiger partial charge in [-0.3, -0.25) is 4.79 Å². The Balaban J connectivity index is 1.42. The summed E-state index contributed by atoms with van der Waals surface area (Å²) in [6.45, 7) is 7.23. The molecule has 1 saturated carbocycles. The molecular weight excluding hydrogens is 443 g/mol. The molecule has 35 heavy (non-hydrogen) atoms. The molecule has 4 aromatic rings. The molecule has 1 aliphatic carbocycles. The van der Waals surface area contributed by atoms with E-state index in [1.165, 1.54) is 37.8 Å². The van der Waals surface area contributed by atoms with E-state index in [-0.39, 0.29) is 5.56 Å². The van der Waals surface area contributed by atoms with Crippen LogP contribution in [0.25, 0.3) is 16.7 Å². The third-order valence-electron chi connectivity index (χ3n) is 7.26. The predicted octanol–water partition coefficient (Wildman–Crippen LogP) is 4.69. The molecule has 180 valence electrons. The fourth-order valence-electron chi connectivity index (χ4n) is 5.23. The van der Waals surface area contributed by atoms with Crippen molar-refractivity contribution < 1.29 is 4.39 Å². The summed E-state index contributed by atoms with van der Waals surface area (Å²) < 4.78 is 18.0. The summed E-state index contributed by atoms with van der Waals surface area (Å²) >= 11 is 0. The van der Waals surface area contributed by atoms with E-state index in [4.69, 9.17) is 0 Å². The second-order valence-corrected chi connectivity index (χ2v) is 10.2. The maximum atomic E-state index is 14.6. The summed E-state index contributed by atoms with van der Waals surface area (Å²) in [7, 11) is 0. The third kappa shape index (κ3) is 3.63. The Bertz CT molecular complexity index is 1510. The Hall–Kier alpha value is -3.52. The smallest absolute Gasteiger partial charge is 0.276 e. The van der Waals surface area contributed by atoms with Crippen LogP contribution in [0.5, 0.6) is 0 Å². The summed E-state index contributed by atoms with van der Waals surface area (Å²) in [5, 5.41) is 7.45. The minimum absolute atomic E-state index is 0.150. The minimum atomic E-state index is -1.59. The van der Waals surface area contributed by atoms with Gasteiger partial charge < -0.3 is 10.6 Å². The van der Waals surface area contributed by atoms with Crippen LogP contribution in [0.15, 0.2) is 53.5 Å². The van der Waals surface area contributed by atoms with Crippen LogP contribution in [0.2, 0.25) is 0 Å². The number of rotatable bonds is 5. The number of alkyl halides is 1. The molecule has 0 amide bonds. The first-order valence-electron chi connectivity index (χ1n) is 12.2. The average molecular weight is 473 g/mol. The van der Waals surface area contributed by atoms with Gasteiger partial charge in [-0.1, -0.05) is 12.1 Å². The number of hydrogen-bond acceptors (Lipinski definition) is 5. The first kappa shape index (κ1) is 22.0. The molecule has 2 N–H and O–H groups in total. The first-order valence-corrected chi connectivity index (χ1v) is 12.2. The summed E-state index contributed by atoms with van der Waals surface area (Å²) in [6.07, 6.45) is 4.10. The monoisotopic (exact) mass is 472 g/mol. The van der Waals surface area contributed by atoms with Gasteiger partial charge >= 0.3 is 0 Å². The summed E-state index contributed by atoms with van der Waals surface area (Å²) in [5.41, 5.74) is 3.32. The Morgan fingerprint density at radius 2 is 2.03 bits per heavy atom. The molecule has 0 atom stereocenters. The van der Waals surface area contributed by atoms with Crippen molar-refractivity contribution in [1.29, 1.82) is 0 Å². The highest BCUT2D eigenvalue weighted by Crippen LogP contribution is 2.50. The molecule has 1 aromatic carbocycles. The highest BCUT2D eigenvalue weighted by Gasteiger charge is 2.46. The lowest BCUT2D eigenvalue weighted by atomic mass is 9.88. The zero-order valence-corrected chi connectivity index (χ0v) is 20.2. The molecule has 1 spiro atoms. The standard InChI is InChI=1S/C27H29FN6O/c1-4-33-25(35)19-15-30-23(13-21(19)34(33)24-7-5-6-22(32-24)26(2,3)28)31-18-8-9-20-17(12-18)14-29-16-27(20)10-11-27/h5-9,12-13,15,29H,4,10-11,14,16H2,1-3H3,(H,30,31). The molecule has 0 saturated heterocycles. The number of benzene rings is 1. The minimum Gasteiger partial charge on any atom is -0.340 e. The van der Waals surface area contributed by atoms with Crippen LogP contribution < -0.4 is 16.2 Å².